The van der Waals surface area contributed by atoms with Gasteiger partial charge >= 0.3 is 5.97 Å². The number of aryl methyl sites for hydroxylation is 1. The number of allylic oxidation sites excluding steroid dienone is 1. The zero-order chi connectivity index (χ0) is 22.7. The highest BCUT2D eigenvalue weighted by Gasteiger charge is 2.37. The molecule has 32 heavy (non-hydrogen) atoms. The Labute approximate surface area is 192 Å². The number of aliphatic imine (C=N–C) groups is 1. The van der Waals surface area contributed by atoms with Crippen LogP contribution in [-0.4, -0.2) is 29.8 Å². The molecule has 7 heteroatoms. The molecule has 2 heterocycles. The molecule has 6 nitrogen and oxygen atoms in total. The van der Waals surface area contributed by atoms with Gasteiger partial charge in [-0.1, -0.05) is 47.7 Å². The smallest absolute Gasteiger partial charge is 0.338 e. The number of thioether (sulfide) groups is 1. The third kappa shape index (κ3) is 4.39. The van der Waals surface area contributed by atoms with Crippen LogP contribution in [0.15, 0.2) is 70.3 Å². The lowest BCUT2D eigenvalue weighted by Gasteiger charge is -2.33. The second-order valence-electron chi connectivity index (χ2n) is 7.51. The molecular formula is C25H26N2O4S. The van der Waals surface area contributed by atoms with Crippen molar-refractivity contribution in [1.29, 1.82) is 0 Å². The summed E-state index contributed by atoms with van der Waals surface area (Å²) in [4.78, 5) is 19.4. The van der Waals surface area contributed by atoms with Crippen molar-refractivity contribution in [2.45, 2.75) is 33.4 Å². The molecule has 0 spiro atoms. The summed E-state index contributed by atoms with van der Waals surface area (Å²) in [6.45, 7) is 6.45. The summed E-state index contributed by atoms with van der Waals surface area (Å²) in [7, 11) is 1.62. The number of methoxy groups -OCH3 is 1. The Hall–Kier alpha value is -3.19. The van der Waals surface area contributed by atoms with Crippen LogP contribution in [0.2, 0.25) is 0 Å². The number of amidine groups is 1. The molecule has 2 aliphatic heterocycles. The number of nitrogens with zero attached hydrogens (tertiary/aromatic N) is 2. The fourth-order valence-electron chi connectivity index (χ4n) is 3.83. The summed E-state index contributed by atoms with van der Waals surface area (Å²) < 4.78 is 17.0. The van der Waals surface area contributed by atoms with Crippen molar-refractivity contribution < 1.29 is 19.0 Å². The maximum atomic E-state index is 12.8. The SMILES string of the molecule is CCOC(=O)C1=C(C)N=C2SC=CN2C1c1ccc(OCc2cccc(C)c2)c(OC)c1. The van der Waals surface area contributed by atoms with Crippen LogP contribution in [0.5, 0.6) is 11.5 Å². The van der Waals surface area contributed by atoms with Gasteiger partial charge in [-0.25, -0.2) is 9.79 Å². The van der Waals surface area contributed by atoms with Gasteiger partial charge in [0.05, 0.1) is 31.0 Å². The van der Waals surface area contributed by atoms with Gasteiger partial charge in [0.25, 0.3) is 0 Å². The lowest BCUT2D eigenvalue weighted by Crippen LogP contribution is -2.34. The summed E-state index contributed by atoms with van der Waals surface area (Å²) in [6, 6.07) is 13.6. The maximum Gasteiger partial charge on any atom is 0.338 e. The number of ether oxygens (including phenoxy) is 3. The molecule has 4 rings (SSSR count). The highest BCUT2D eigenvalue weighted by Crippen LogP contribution is 2.43. The van der Waals surface area contributed by atoms with Crippen LogP contribution in [0.25, 0.3) is 0 Å². The highest BCUT2D eigenvalue weighted by molar-refractivity contribution is 8.16. The number of hydrogen-bond acceptors (Lipinski definition) is 7. The van der Waals surface area contributed by atoms with Gasteiger partial charge in [-0.05, 0) is 49.4 Å². The Bertz CT molecular complexity index is 1120. The van der Waals surface area contributed by atoms with Gasteiger partial charge < -0.3 is 19.1 Å². The van der Waals surface area contributed by atoms with E-state index in [0.717, 1.165) is 16.3 Å². The van der Waals surface area contributed by atoms with Crippen molar-refractivity contribution in [3.63, 3.8) is 0 Å². The van der Waals surface area contributed by atoms with E-state index in [4.69, 9.17) is 14.2 Å². The third-order valence-electron chi connectivity index (χ3n) is 5.30. The Morgan fingerprint density at radius 2 is 2.00 bits per heavy atom. The zero-order valence-electron chi connectivity index (χ0n) is 18.6. The quantitative estimate of drug-likeness (QED) is 0.530. The van der Waals surface area contributed by atoms with E-state index in [0.29, 0.717) is 36.0 Å². The fourth-order valence-corrected chi connectivity index (χ4v) is 4.63. The number of rotatable bonds is 7. The molecule has 0 aliphatic carbocycles. The number of carbonyl (C=O) groups excluding carboxylic acids is 1. The van der Waals surface area contributed by atoms with Crippen molar-refractivity contribution in [1.82, 2.24) is 4.90 Å². The molecule has 0 amide bonds. The number of fused-ring (bicyclic) bond motifs is 1. The molecule has 0 radical (unpaired) electrons. The third-order valence-corrected chi connectivity index (χ3v) is 6.07. The van der Waals surface area contributed by atoms with Crippen LogP contribution in [0.1, 0.15) is 36.6 Å². The first-order valence-corrected chi connectivity index (χ1v) is 11.3. The normalized spacial score (nSPS) is 17.2. The monoisotopic (exact) mass is 450 g/mol. The van der Waals surface area contributed by atoms with Crippen molar-refractivity contribution in [3.05, 3.63) is 82.0 Å². The van der Waals surface area contributed by atoms with Crippen molar-refractivity contribution in [3.8, 4) is 11.5 Å². The Morgan fingerprint density at radius 3 is 2.75 bits per heavy atom. The van der Waals surface area contributed by atoms with E-state index in [2.05, 4.69) is 24.0 Å². The van der Waals surface area contributed by atoms with E-state index in [-0.39, 0.29) is 12.0 Å². The van der Waals surface area contributed by atoms with Crippen LogP contribution in [0, 0.1) is 6.92 Å². The molecule has 1 unspecified atom stereocenters. The number of esters is 1. The molecule has 2 aromatic carbocycles. The van der Waals surface area contributed by atoms with Gasteiger partial charge in [-0.15, -0.1) is 0 Å². The first-order valence-electron chi connectivity index (χ1n) is 10.5. The summed E-state index contributed by atoms with van der Waals surface area (Å²) in [6.07, 6.45) is 1.94. The van der Waals surface area contributed by atoms with E-state index in [1.54, 1.807) is 14.0 Å². The average molecular weight is 451 g/mol. The Kier molecular flexibility index (Phi) is 6.55. The van der Waals surface area contributed by atoms with Crippen LogP contribution in [-0.2, 0) is 16.1 Å². The van der Waals surface area contributed by atoms with Crippen molar-refractivity contribution >= 4 is 22.9 Å². The van der Waals surface area contributed by atoms with E-state index in [9.17, 15) is 4.79 Å². The highest BCUT2D eigenvalue weighted by atomic mass is 32.2. The van der Waals surface area contributed by atoms with Crippen LogP contribution < -0.4 is 9.47 Å². The summed E-state index contributed by atoms with van der Waals surface area (Å²) >= 11 is 1.53. The Morgan fingerprint density at radius 1 is 1.16 bits per heavy atom. The van der Waals surface area contributed by atoms with Crippen molar-refractivity contribution in [2.24, 2.45) is 4.99 Å². The number of carbonyl (C=O) groups is 1. The second kappa shape index (κ2) is 9.53. The van der Waals surface area contributed by atoms with Gasteiger partial charge in [0, 0.05) is 6.20 Å². The summed E-state index contributed by atoms with van der Waals surface area (Å²) in [5, 5.41) is 2.79. The van der Waals surface area contributed by atoms with E-state index >= 15 is 0 Å². The molecule has 166 valence electrons. The molecular weight excluding hydrogens is 424 g/mol. The van der Waals surface area contributed by atoms with Crippen molar-refractivity contribution in [2.75, 3.05) is 13.7 Å². The second-order valence-corrected chi connectivity index (χ2v) is 8.39. The minimum absolute atomic E-state index is 0.304. The van der Waals surface area contributed by atoms with Gasteiger partial charge in [-0.3, -0.25) is 0 Å². The average Bonchev–Trinajstić information content (AvgIpc) is 3.25. The van der Waals surface area contributed by atoms with Gasteiger partial charge in [-0.2, -0.15) is 0 Å². The zero-order valence-corrected chi connectivity index (χ0v) is 19.4. The topological polar surface area (TPSA) is 60.4 Å². The molecule has 0 aromatic heterocycles. The summed E-state index contributed by atoms with van der Waals surface area (Å²) in [5.74, 6) is 0.893. The predicted octanol–water partition coefficient (Wildman–Crippen LogP) is 5.35. The van der Waals surface area contributed by atoms with Gasteiger partial charge in [0.2, 0.25) is 0 Å². The van der Waals surface area contributed by atoms with Gasteiger partial charge in [0.15, 0.2) is 16.7 Å². The molecule has 2 aromatic rings. The molecule has 0 saturated carbocycles. The fraction of sp³-hybridized carbons (Fsp3) is 0.280. The van der Waals surface area contributed by atoms with E-state index in [1.165, 1.54) is 17.3 Å². The maximum absolute atomic E-state index is 12.8. The standard InChI is InChI=1S/C25H26N2O4S/c1-5-30-24(28)22-17(3)26-25-27(11-12-32-25)23(22)19-9-10-20(21(14-19)29-4)31-15-18-8-6-7-16(2)13-18/h6-14,23H,5,15H2,1-4H3. The molecule has 2 aliphatic rings. The van der Waals surface area contributed by atoms with Crippen LogP contribution in [0.3, 0.4) is 0 Å². The molecule has 0 saturated heterocycles. The first kappa shape index (κ1) is 22.0. The molecule has 0 fully saturated rings. The first-order chi connectivity index (χ1) is 15.5. The number of hydrogen-bond donors (Lipinski definition) is 0. The molecule has 0 N–H and O–H groups in total. The van der Waals surface area contributed by atoms with E-state index in [1.807, 2.05) is 53.8 Å². The largest absolute Gasteiger partial charge is 0.493 e. The van der Waals surface area contributed by atoms with Gasteiger partial charge in [0.1, 0.15) is 6.61 Å². The Balaban J connectivity index is 1.66. The van der Waals surface area contributed by atoms with E-state index < -0.39 is 0 Å². The minimum atomic E-state index is -0.359. The van der Waals surface area contributed by atoms with Crippen LogP contribution >= 0.6 is 11.8 Å². The minimum Gasteiger partial charge on any atom is -0.493 e. The lowest BCUT2D eigenvalue weighted by atomic mass is 9.94. The van der Waals surface area contributed by atoms with Crippen LogP contribution in [0.4, 0.5) is 0 Å². The lowest BCUT2D eigenvalue weighted by molar-refractivity contribution is -0.139. The summed E-state index contributed by atoms with van der Waals surface area (Å²) in [5.41, 5.74) is 4.36. The predicted molar refractivity (Wildman–Crippen MR) is 127 cm³/mol. The molecule has 1 atom stereocenters. The molecule has 0 bridgehead atoms. The number of benzene rings is 2.